The summed E-state index contributed by atoms with van der Waals surface area (Å²) in [4.78, 5) is 35.2. The number of hydrogen-bond donors (Lipinski definition) is 0. The smallest absolute Gasteiger partial charge is 0.239 e. The number of ether oxygens (including phenoxy) is 1. The van der Waals surface area contributed by atoms with Gasteiger partial charge in [-0.25, -0.2) is 4.90 Å². The standard InChI is InChI=1S/C33H26N2O3/c1-2-38-27-19-11-10-18-26(27)35-31(36)29-28-22-14-6-8-16-24(22)33(30(29)32(35)37,25-17-9-7-15-23(25)28)20-34-21-12-4-3-5-13-21/h3-20,28-30H,2H2,1H3/t28?,29-,30+,33?/m1/s1. The average Bonchev–Trinajstić information content (AvgIpc) is 3.23. The highest BCUT2D eigenvalue weighted by Gasteiger charge is 2.68. The fraction of sp³-hybridized carbons (Fsp3) is 0.182. The number of amides is 2. The van der Waals surface area contributed by atoms with Crippen molar-refractivity contribution in [2.75, 3.05) is 11.5 Å². The molecule has 2 bridgehead atoms. The van der Waals surface area contributed by atoms with Crippen LogP contribution in [0, 0.1) is 11.8 Å². The Labute approximate surface area is 221 Å². The number of hydrogen-bond acceptors (Lipinski definition) is 4. The van der Waals surface area contributed by atoms with Crippen molar-refractivity contribution < 1.29 is 14.3 Å². The maximum Gasteiger partial charge on any atom is 0.239 e. The molecule has 1 saturated heterocycles. The van der Waals surface area contributed by atoms with Gasteiger partial charge in [0.2, 0.25) is 11.8 Å². The van der Waals surface area contributed by atoms with E-state index in [0.717, 1.165) is 27.9 Å². The van der Waals surface area contributed by atoms with Gasteiger partial charge in [0, 0.05) is 12.1 Å². The zero-order valence-corrected chi connectivity index (χ0v) is 21.0. The van der Waals surface area contributed by atoms with Gasteiger partial charge in [-0.3, -0.25) is 14.6 Å². The van der Waals surface area contributed by atoms with Crippen LogP contribution in [-0.2, 0) is 15.0 Å². The van der Waals surface area contributed by atoms with E-state index in [4.69, 9.17) is 9.73 Å². The highest BCUT2D eigenvalue weighted by molar-refractivity contribution is 6.25. The van der Waals surface area contributed by atoms with Gasteiger partial charge in [0.15, 0.2) is 0 Å². The van der Waals surface area contributed by atoms with Crippen molar-refractivity contribution in [2.24, 2.45) is 16.8 Å². The lowest BCUT2D eigenvalue weighted by Gasteiger charge is -2.52. The lowest BCUT2D eigenvalue weighted by atomic mass is 9.47. The molecule has 0 aromatic heterocycles. The van der Waals surface area contributed by atoms with Crippen molar-refractivity contribution in [3.63, 3.8) is 0 Å². The summed E-state index contributed by atoms with van der Waals surface area (Å²) in [7, 11) is 0. The van der Waals surface area contributed by atoms with Gasteiger partial charge in [-0.1, -0.05) is 78.9 Å². The monoisotopic (exact) mass is 498 g/mol. The Balaban J connectivity index is 1.50. The minimum atomic E-state index is -0.884. The molecule has 2 atom stereocenters. The molecule has 4 aromatic carbocycles. The number of para-hydroxylation sites is 3. The molecule has 5 heteroatoms. The predicted molar refractivity (Wildman–Crippen MR) is 147 cm³/mol. The molecule has 3 aliphatic carbocycles. The molecule has 1 fully saturated rings. The first-order valence-electron chi connectivity index (χ1n) is 13.1. The zero-order valence-electron chi connectivity index (χ0n) is 21.0. The van der Waals surface area contributed by atoms with Gasteiger partial charge in [-0.05, 0) is 53.4 Å². The molecular weight excluding hydrogens is 472 g/mol. The molecule has 0 spiro atoms. The van der Waals surface area contributed by atoms with Crippen LogP contribution in [0.1, 0.15) is 35.1 Å². The number of imide groups is 1. The predicted octanol–water partition coefficient (Wildman–Crippen LogP) is 6.04. The van der Waals surface area contributed by atoms with E-state index < -0.39 is 17.3 Å². The molecule has 38 heavy (non-hydrogen) atoms. The summed E-state index contributed by atoms with van der Waals surface area (Å²) in [6.07, 6.45) is 1.93. The van der Waals surface area contributed by atoms with E-state index in [0.29, 0.717) is 18.0 Å². The molecule has 5 nitrogen and oxygen atoms in total. The van der Waals surface area contributed by atoms with Crippen LogP contribution in [0.4, 0.5) is 11.4 Å². The molecule has 0 saturated carbocycles. The van der Waals surface area contributed by atoms with Crippen LogP contribution in [-0.4, -0.2) is 24.6 Å². The third-order valence-electron chi connectivity index (χ3n) is 8.26. The van der Waals surface area contributed by atoms with Gasteiger partial charge in [0.25, 0.3) is 0 Å². The number of nitrogens with zero attached hydrogens (tertiary/aromatic N) is 2. The Morgan fingerprint density at radius 3 is 2.08 bits per heavy atom. The molecule has 186 valence electrons. The van der Waals surface area contributed by atoms with E-state index >= 15 is 0 Å². The third kappa shape index (κ3) is 2.96. The summed E-state index contributed by atoms with van der Waals surface area (Å²) in [6, 6.07) is 33.5. The average molecular weight is 499 g/mol. The highest BCUT2D eigenvalue weighted by atomic mass is 16.5. The minimum Gasteiger partial charge on any atom is -0.492 e. The first kappa shape index (κ1) is 22.7. The third-order valence-corrected chi connectivity index (χ3v) is 8.26. The van der Waals surface area contributed by atoms with Crippen molar-refractivity contribution in [3.8, 4) is 5.75 Å². The summed E-state index contributed by atoms with van der Waals surface area (Å²) in [5.74, 6) is -1.22. The summed E-state index contributed by atoms with van der Waals surface area (Å²) in [6.45, 7) is 2.33. The number of carbonyl (C=O) groups is 2. The molecular formula is C33H26N2O3. The molecule has 8 rings (SSSR count). The summed E-state index contributed by atoms with van der Waals surface area (Å²) >= 11 is 0. The van der Waals surface area contributed by atoms with Crippen LogP contribution in [0.25, 0.3) is 0 Å². The van der Waals surface area contributed by atoms with Gasteiger partial charge in [0.05, 0.1) is 35.2 Å². The van der Waals surface area contributed by atoms with E-state index in [2.05, 4.69) is 24.3 Å². The molecule has 2 amide bonds. The lowest BCUT2D eigenvalue weighted by Crippen LogP contribution is -2.54. The van der Waals surface area contributed by atoms with Crippen LogP contribution < -0.4 is 9.64 Å². The van der Waals surface area contributed by atoms with Gasteiger partial charge in [0.1, 0.15) is 5.75 Å². The largest absolute Gasteiger partial charge is 0.492 e. The first-order valence-corrected chi connectivity index (χ1v) is 13.1. The SMILES string of the molecule is CCOc1ccccc1N1C(=O)[C@@H]2C3c4ccccc4C(C=Nc4ccccc4)(c4ccccc43)[C@@H]2C1=O. The van der Waals surface area contributed by atoms with Crippen LogP contribution in [0.2, 0.25) is 0 Å². The topological polar surface area (TPSA) is 59.0 Å². The lowest BCUT2D eigenvalue weighted by molar-refractivity contribution is -0.122. The maximum absolute atomic E-state index is 14.5. The van der Waals surface area contributed by atoms with Gasteiger partial charge in [-0.2, -0.15) is 0 Å². The summed E-state index contributed by atoms with van der Waals surface area (Å²) in [5.41, 5.74) is 4.69. The van der Waals surface area contributed by atoms with Crippen molar-refractivity contribution >= 4 is 29.4 Å². The van der Waals surface area contributed by atoms with Gasteiger partial charge < -0.3 is 4.74 Å². The first-order chi connectivity index (χ1) is 18.7. The van der Waals surface area contributed by atoms with E-state index in [9.17, 15) is 9.59 Å². The van der Waals surface area contributed by atoms with Crippen LogP contribution >= 0.6 is 0 Å². The van der Waals surface area contributed by atoms with E-state index in [-0.39, 0.29) is 17.7 Å². The maximum atomic E-state index is 14.5. The fourth-order valence-corrected chi connectivity index (χ4v) is 6.90. The number of carbonyl (C=O) groups excluding carboxylic acids is 2. The Bertz CT molecular complexity index is 1560. The normalized spacial score (nSPS) is 24.9. The van der Waals surface area contributed by atoms with Crippen molar-refractivity contribution in [1.29, 1.82) is 0 Å². The Morgan fingerprint density at radius 1 is 0.789 bits per heavy atom. The van der Waals surface area contributed by atoms with E-state index in [1.807, 2.05) is 85.9 Å². The summed E-state index contributed by atoms with van der Waals surface area (Å²) < 4.78 is 5.85. The number of aliphatic imine (C=N–C) groups is 1. The second-order valence-electron chi connectivity index (χ2n) is 10.0. The highest BCUT2D eigenvalue weighted by Crippen LogP contribution is 2.64. The molecule has 1 aliphatic heterocycles. The second kappa shape index (κ2) is 8.52. The number of rotatable bonds is 5. The fourth-order valence-electron chi connectivity index (χ4n) is 6.90. The van der Waals surface area contributed by atoms with E-state index in [1.165, 1.54) is 4.90 Å². The van der Waals surface area contributed by atoms with Crippen molar-refractivity contribution in [1.82, 2.24) is 0 Å². The molecule has 0 radical (unpaired) electrons. The van der Waals surface area contributed by atoms with Crippen LogP contribution in [0.3, 0.4) is 0 Å². The molecule has 0 unspecified atom stereocenters. The molecule has 1 heterocycles. The quantitative estimate of drug-likeness (QED) is 0.249. The summed E-state index contributed by atoms with van der Waals surface area (Å²) in [5, 5.41) is 0. The number of benzene rings is 4. The van der Waals surface area contributed by atoms with Crippen molar-refractivity contribution in [2.45, 2.75) is 18.3 Å². The van der Waals surface area contributed by atoms with Gasteiger partial charge >= 0.3 is 0 Å². The second-order valence-corrected chi connectivity index (χ2v) is 10.0. The van der Waals surface area contributed by atoms with Crippen LogP contribution in [0.5, 0.6) is 5.75 Å². The van der Waals surface area contributed by atoms with Crippen molar-refractivity contribution in [3.05, 3.63) is 125 Å². The molecule has 4 aliphatic rings. The van der Waals surface area contributed by atoms with Gasteiger partial charge in [-0.15, -0.1) is 0 Å². The Hall–Kier alpha value is -4.51. The molecule has 0 N–H and O–H groups in total. The zero-order chi connectivity index (χ0) is 25.9. The van der Waals surface area contributed by atoms with Crippen LogP contribution in [0.15, 0.2) is 108 Å². The Kier molecular flexibility index (Phi) is 5.08. The van der Waals surface area contributed by atoms with E-state index in [1.54, 1.807) is 6.07 Å². The Morgan fingerprint density at radius 2 is 1.39 bits per heavy atom. The minimum absolute atomic E-state index is 0.182. The number of anilines is 1. The molecule has 4 aromatic rings.